The number of carbonyl (C=O) groups excluding carboxylic acids is 1. The third-order valence-corrected chi connectivity index (χ3v) is 6.72. The lowest BCUT2D eigenvalue weighted by atomic mass is 9.79. The van der Waals surface area contributed by atoms with E-state index in [0.717, 1.165) is 29.5 Å². The van der Waals surface area contributed by atoms with Crippen LogP contribution in [0, 0.1) is 13.8 Å². The second kappa shape index (κ2) is 8.23. The molecule has 7 nitrogen and oxygen atoms in total. The molecule has 3 saturated heterocycles. The minimum absolute atomic E-state index is 0.00716. The van der Waals surface area contributed by atoms with Gasteiger partial charge in [0, 0.05) is 24.5 Å². The molecule has 0 amide bonds. The second-order valence-electron chi connectivity index (χ2n) is 8.23. The lowest BCUT2D eigenvalue weighted by Crippen LogP contribution is -2.57. The van der Waals surface area contributed by atoms with Crippen molar-refractivity contribution in [1.29, 1.82) is 0 Å². The Morgan fingerprint density at radius 3 is 2.45 bits per heavy atom. The average Bonchev–Trinajstić information content (AvgIpc) is 3.26. The van der Waals surface area contributed by atoms with Crippen molar-refractivity contribution in [3.05, 3.63) is 33.8 Å². The van der Waals surface area contributed by atoms with Crippen LogP contribution in [0.5, 0.6) is 0 Å². The molecule has 3 atom stereocenters. The third kappa shape index (κ3) is 3.63. The zero-order valence-electron chi connectivity index (χ0n) is 17.2. The Hall–Kier alpha value is -1.06. The number of rotatable bonds is 4. The van der Waals surface area contributed by atoms with Crippen LogP contribution in [-0.4, -0.2) is 65.9 Å². The first-order valence-corrected chi connectivity index (χ1v) is 10.6. The molecule has 3 heterocycles. The van der Waals surface area contributed by atoms with Crippen LogP contribution in [0.1, 0.15) is 48.3 Å². The molecule has 160 valence electrons. The summed E-state index contributed by atoms with van der Waals surface area (Å²) in [7, 11) is 1.63. The van der Waals surface area contributed by atoms with Gasteiger partial charge in [0.2, 0.25) is 0 Å². The number of nitrogens with zero attached hydrogens (tertiary/aromatic N) is 2. The molecule has 3 fully saturated rings. The highest BCUT2D eigenvalue weighted by atomic mass is 35.5. The summed E-state index contributed by atoms with van der Waals surface area (Å²) in [6.45, 7) is 5.67. The summed E-state index contributed by atoms with van der Waals surface area (Å²) in [4.78, 5) is 25.3. The van der Waals surface area contributed by atoms with E-state index in [9.17, 15) is 9.90 Å². The summed E-state index contributed by atoms with van der Waals surface area (Å²) in [5.74, 6) is -0.699. The third-order valence-electron chi connectivity index (χ3n) is 6.50. The fraction of sp³-hybridized carbons (Fsp3) is 0.667. The number of halogens is 1. The number of Topliss-reactive ketones (excluding diaryl/α,β-unsaturated/α-hetero) is 1. The van der Waals surface area contributed by atoms with Crippen LogP contribution in [0.15, 0.2) is 12.1 Å². The fourth-order valence-electron chi connectivity index (χ4n) is 5.04. The van der Waals surface area contributed by atoms with Gasteiger partial charge in [-0.3, -0.25) is 9.63 Å². The highest BCUT2D eigenvalue weighted by Gasteiger charge is 2.61. The Kier molecular flexibility index (Phi) is 6.01. The maximum absolute atomic E-state index is 13.8. The number of ether oxygens (including phenoxy) is 1. The van der Waals surface area contributed by atoms with Crippen molar-refractivity contribution in [2.24, 2.45) is 0 Å². The molecule has 3 unspecified atom stereocenters. The number of ketones is 1. The van der Waals surface area contributed by atoms with Gasteiger partial charge in [0.25, 0.3) is 0 Å². The molecule has 8 heteroatoms. The number of hydrogen-bond donors (Lipinski definition) is 1. The number of aliphatic hydroxyl groups is 1. The topological polar surface area (TPSA) is 71.5 Å². The number of hydroxylamine groups is 4. The Morgan fingerprint density at radius 2 is 1.90 bits per heavy atom. The number of carbonyl (C=O) groups is 1. The Balaban J connectivity index is 1.72. The zero-order valence-corrected chi connectivity index (χ0v) is 17.9. The van der Waals surface area contributed by atoms with E-state index in [-0.39, 0.29) is 5.78 Å². The predicted molar refractivity (Wildman–Crippen MR) is 107 cm³/mol. The number of aliphatic hydroxyl groups excluding tert-OH is 1. The van der Waals surface area contributed by atoms with Gasteiger partial charge < -0.3 is 14.7 Å². The molecule has 0 saturated carbocycles. The maximum atomic E-state index is 13.8. The monoisotopic (exact) mass is 424 g/mol. The minimum atomic E-state index is -1.08. The van der Waals surface area contributed by atoms with Crippen LogP contribution in [0.3, 0.4) is 0 Å². The number of benzene rings is 1. The van der Waals surface area contributed by atoms with Gasteiger partial charge in [-0.15, -0.1) is 5.06 Å². The summed E-state index contributed by atoms with van der Waals surface area (Å²) < 4.78 is 5.64. The van der Waals surface area contributed by atoms with E-state index < -0.39 is 24.0 Å². The van der Waals surface area contributed by atoms with Gasteiger partial charge >= 0.3 is 0 Å². The lowest BCUT2D eigenvalue weighted by Gasteiger charge is -2.42. The van der Waals surface area contributed by atoms with Crippen molar-refractivity contribution in [2.45, 2.75) is 63.5 Å². The average molecular weight is 425 g/mol. The van der Waals surface area contributed by atoms with Crippen molar-refractivity contribution < 1.29 is 24.3 Å². The summed E-state index contributed by atoms with van der Waals surface area (Å²) in [5, 5.41) is 15.3. The SMILES string of the molecule is CON1CCC2(CC1)C(=O)C(c1c(C)cc(Cl)cc1C)C(O)N2OC1CCCO1. The maximum Gasteiger partial charge on any atom is 0.177 e. The van der Waals surface area contributed by atoms with E-state index in [0.29, 0.717) is 37.6 Å². The summed E-state index contributed by atoms with van der Waals surface area (Å²) >= 11 is 6.20. The molecule has 0 radical (unpaired) electrons. The van der Waals surface area contributed by atoms with Gasteiger partial charge in [-0.1, -0.05) is 11.6 Å². The number of piperidine rings is 1. The van der Waals surface area contributed by atoms with Crippen LogP contribution in [-0.2, 0) is 19.2 Å². The van der Waals surface area contributed by atoms with E-state index in [2.05, 4.69) is 0 Å². The minimum Gasteiger partial charge on any atom is -0.375 e. The second-order valence-corrected chi connectivity index (χ2v) is 8.66. The highest BCUT2D eigenvalue weighted by Crippen LogP contribution is 2.47. The predicted octanol–water partition coefficient (Wildman–Crippen LogP) is 2.71. The summed E-state index contributed by atoms with van der Waals surface area (Å²) in [5.41, 5.74) is 1.73. The lowest BCUT2D eigenvalue weighted by molar-refractivity contribution is -0.339. The summed E-state index contributed by atoms with van der Waals surface area (Å²) in [6, 6.07) is 3.68. The van der Waals surface area contributed by atoms with Crippen molar-refractivity contribution in [3.63, 3.8) is 0 Å². The van der Waals surface area contributed by atoms with Crippen LogP contribution in [0.2, 0.25) is 5.02 Å². The van der Waals surface area contributed by atoms with Crippen molar-refractivity contribution >= 4 is 17.4 Å². The molecule has 0 aromatic heterocycles. The van der Waals surface area contributed by atoms with Gasteiger partial charge in [-0.25, -0.2) is 0 Å². The van der Waals surface area contributed by atoms with Gasteiger partial charge in [0.05, 0.1) is 19.6 Å². The van der Waals surface area contributed by atoms with Crippen LogP contribution < -0.4 is 0 Å². The van der Waals surface area contributed by atoms with E-state index in [4.69, 9.17) is 26.0 Å². The van der Waals surface area contributed by atoms with E-state index in [1.165, 1.54) is 5.06 Å². The zero-order chi connectivity index (χ0) is 20.8. The largest absolute Gasteiger partial charge is 0.375 e. The standard InChI is InChI=1S/C21H29ClN2O5/c1-13-11-15(22)12-14(2)17(13)18-19(25)21(6-8-23(27-3)9-7-21)24(20(18)26)29-16-5-4-10-28-16/h11-12,16,18,20,26H,4-10H2,1-3H3. The molecule has 29 heavy (non-hydrogen) atoms. The Bertz CT molecular complexity index is 751. The van der Waals surface area contributed by atoms with E-state index in [1.54, 1.807) is 7.11 Å². The Morgan fingerprint density at radius 1 is 1.24 bits per heavy atom. The molecule has 0 aliphatic carbocycles. The number of hydrogen-bond acceptors (Lipinski definition) is 7. The Labute approximate surface area is 176 Å². The summed E-state index contributed by atoms with van der Waals surface area (Å²) in [6.07, 6.45) is 1.19. The first-order valence-electron chi connectivity index (χ1n) is 10.2. The molecule has 3 aliphatic rings. The van der Waals surface area contributed by atoms with Crippen LogP contribution >= 0.6 is 11.6 Å². The molecule has 0 bridgehead atoms. The van der Waals surface area contributed by atoms with Crippen molar-refractivity contribution in [1.82, 2.24) is 10.1 Å². The van der Waals surface area contributed by atoms with Gasteiger partial charge in [0.1, 0.15) is 11.8 Å². The van der Waals surface area contributed by atoms with Gasteiger partial charge in [-0.05, 0) is 61.9 Å². The quantitative estimate of drug-likeness (QED) is 0.796. The van der Waals surface area contributed by atoms with Gasteiger partial charge in [0.15, 0.2) is 12.1 Å². The molecule has 1 aromatic carbocycles. The molecular formula is C21H29ClN2O5. The van der Waals surface area contributed by atoms with Gasteiger partial charge in [-0.2, -0.15) is 5.06 Å². The van der Waals surface area contributed by atoms with Crippen LogP contribution in [0.25, 0.3) is 0 Å². The van der Waals surface area contributed by atoms with Crippen LogP contribution in [0.4, 0.5) is 0 Å². The normalized spacial score (nSPS) is 30.5. The van der Waals surface area contributed by atoms with E-state index >= 15 is 0 Å². The molecule has 1 spiro atoms. The molecular weight excluding hydrogens is 396 g/mol. The highest BCUT2D eigenvalue weighted by molar-refractivity contribution is 6.30. The first kappa shape index (κ1) is 21.2. The smallest absolute Gasteiger partial charge is 0.177 e. The fourth-order valence-corrected chi connectivity index (χ4v) is 5.37. The number of aryl methyl sites for hydroxylation is 2. The van der Waals surface area contributed by atoms with E-state index in [1.807, 2.05) is 31.0 Å². The van der Waals surface area contributed by atoms with Crippen molar-refractivity contribution in [2.75, 3.05) is 26.8 Å². The first-order chi connectivity index (χ1) is 13.9. The molecule has 3 aliphatic heterocycles. The molecule has 4 rings (SSSR count). The molecule has 1 aromatic rings. The van der Waals surface area contributed by atoms with Crippen molar-refractivity contribution in [3.8, 4) is 0 Å². The molecule has 1 N–H and O–H groups in total.